The smallest absolute Gasteiger partial charge is 0.159 e. The SMILES string of the molecule is c1cc(-c2cncc3[nH]c(-c4n[nH]c5cnc(-c6cncc(CN7CCCC7)c6)cc45)nc23)ccn1. The average molecular weight is 474 g/mol. The van der Waals surface area contributed by atoms with Crippen LogP contribution < -0.4 is 0 Å². The monoisotopic (exact) mass is 473 g/mol. The Morgan fingerprint density at radius 2 is 1.69 bits per heavy atom. The number of H-pyrrole nitrogens is 2. The Bertz CT molecular complexity index is 1680. The molecule has 0 aliphatic carbocycles. The third-order valence-corrected chi connectivity index (χ3v) is 6.75. The predicted octanol–water partition coefficient (Wildman–Crippen LogP) is 4.62. The summed E-state index contributed by atoms with van der Waals surface area (Å²) in [5.74, 6) is 0.678. The van der Waals surface area contributed by atoms with E-state index >= 15 is 0 Å². The summed E-state index contributed by atoms with van der Waals surface area (Å²) in [6.07, 6.45) is 15.3. The van der Waals surface area contributed by atoms with E-state index in [4.69, 9.17) is 4.98 Å². The van der Waals surface area contributed by atoms with E-state index < -0.39 is 0 Å². The fraction of sp³-hybridized carbons (Fsp3) is 0.185. The lowest BCUT2D eigenvalue weighted by Gasteiger charge is -2.14. The first kappa shape index (κ1) is 20.8. The van der Waals surface area contributed by atoms with Gasteiger partial charge in [0.05, 0.1) is 34.6 Å². The van der Waals surface area contributed by atoms with Crippen molar-refractivity contribution in [2.45, 2.75) is 19.4 Å². The van der Waals surface area contributed by atoms with Gasteiger partial charge in [0.1, 0.15) is 5.69 Å². The number of nitrogens with one attached hydrogen (secondary N) is 2. The fourth-order valence-corrected chi connectivity index (χ4v) is 4.96. The Morgan fingerprint density at radius 1 is 0.833 bits per heavy atom. The molecule has 7 heterocycles. The maximum absolute atomic E-state index is 4.92. The molecule has 0 spiro atoms. The van der Waals surface area contributed by atoms with E-state index in [9.17, 15) is 0 Å². The standard InChI is InChI=1S/C27H23N9/c1-2-8-36(7-1)16-17-9-19(12-29-11-17)22-10-20-23(15-31-22)34-35-26(20)27-32-24-14-30-13-21(25(24)33-27)18-3-5-28-6-4-18/h3-6,9-15H,1-2,7-8,16H2,(H,32,33)(H,34,35). The predicted molar refractivity (Wildman–Crippen MR) is 138 cm³/mol. The number of hydrogen-bond donors (Lipinski definition) is 2. The molecule has 0 bridgehead atoms. The highest BCUT2D eigenvalue weighted by atomic mass is 15.1. The zero-order chi connectivity index (χ0) is 23.9. The van der Waals surface area contributed by atoms with E-state index in [1.54, 1.807) is 18.6 Å². The molecule has 176 valence electrons. The topological polar surface area (TPSA) is 112 Å². The van der Waals surface area contributed by atoms with Crippen LogP contribution in [0.1, 0.15) is 18.4 Å². The molecule has 6 aromatic rings. The van der Waals surface area contributed by atoms with E-state index in [0.29, 0.717) is 5.82 Å². The Kier molecular flexibility index (Phi) is 4.99. The molecule has 7 rings (SSSR count). The van der Waals surface area contributed by atoms with Crippen LogP contribution in [0.5, 0.6) is 0 Å². The molecule has 1 fully saturated rings. The van der Waals surface area contributed by atoms with Gasteiger partial charge < -0.3 is 4.98 Å². The van der Waals surface area contributed by atoms with Crippen LogP contribution in [0.15, 0.2) is 67.6 Å². The molecule has 0 unspecified atom stereocenters. The zero-order valence-corrected chi connectivity index (χ0v) is 19.5. The molecule has 0 radical (unpaired) electrons. The fourth-order valence-electron chi connectivity index (χ4n) is 4.96. The molecule has 6 aromatic heterocycles. The van der Waals surface area contributed by atoms with E-state index in [0.717, 1.165) is 69.6 Å². The summed E-state index contributed by atoms with van der Waals surface area (Å²) >= 11 is 0. The normalized spacial score (nSPS) is 14.2. The van der Waals surface area contributed by atoms with Crippen molar-refractivity contribution in [2.24, 2.45) is 0 Å². The van der Waals surface area contributed by atoms with Gasteiger partial charge in [0.2, 0.25) is 0 Å². The Balaban J connectivity index is 1.28. The van der Waals surface area contributed by atoms with Crippen LogP contribution in [-0.4, -0.2) is 58.1 Å². The molecule has 1 saturated heterocycles. The summed E-state index contributed by atoms with van der Waals surface area (Å²) in [4.78, 5) is 28.5. The van der Waals surface area contributed by atoms with Crippen LogP contribution in [0, 0.1) is 0 Å². The molecular formula is C27H23N9. The summed E-state index contributed by atoms with van der Waals surface area (Å²) in [6.45, 7) is 3.23. The van der Waals surface area contributed by atoms with E-state index in [1.807, 2.05) is 36.9 Å². The van der Waals surface area contributed by atoms with Crippen molar-refractivity contribution in [3.63, 3.8) is 0 Å². The van der Waals surface area contributed by atoms with Crippen molar-refractivity contribution < 1.29 is 0 Å². The minimum atomic E-state index is 0.678. The van der Waals surface area contributed by atoms with Gasteiger partial charge in [0.25, 0.3) is 0 Å². The van der Waals surface area contributed by atoms with Crippen molar-refractivity contribution in [1.29, 1.82) is 0 Å². The molecule has 1 aliphatic heterocycles. The third-order valence-electron chi connectivity index (χ3n) is 6.75. The Labute approximate surface area is 206 Å². The molecular weight excluding hydrogens is 450 g/mol. The van der Waals surface area contributed by atoms with Crippen LogP contribution in [0.3, 0.4) is 0 Å². The molecule has 36 heavy (non-hydrogen) atoms. The summed E-state index contributed by atoms with van der Waals surface area (Å²) in [7, 11) is 0. The number of rotatable bonds is 5. The number of likely N-dealkylation sites (tertiary alicyclic amines) is 1. The second-order valence-electron chi connectivity index (χ2n) is 9.16. The van der Waals surface area contributed by atoms with E-state index in [2.05, 4.69) is 52.1 Å². The Hall–Kier alpha value is -4.50. The van der Waals surface area contributed by atoms with Crippen molar-refractivity contribution in [2.75, 3.05) is 13.1 Å². The minimum absolute atomic E-state index is 0.678. The number of aromatic amines is 2. The first-order valence-electron chi connectivity index (χ1n) is 12.1. The van der Waals surface area contributed by atoms with E-state index in [-0.39, 0.29) is 0 Å². The maximum atomic E-state index is 4.92. The van der Waals surface area contributed by atoms with Crippen molar-refractivity contribution in [3.8, 4) is 33.9 Å². The summed E-state index contributed by atoms with van der Waals surface area (Å²) in [6, 6.07) is 8.16. The molecule has 9 nitrogen and oxygen atoms in total. The molecule has 0 atom stereocenters. The molecule has 2 N–H and O–H groups in total. The second-order valence-corrected chi connectivity index (χ2v) is 9.16. The zero-order valence-electron chi connectivity index (χ0n) is 19.5. The highest BCUT2D eigenvalue weighted by molar-refractivity contribution is 5.97. The molecule has 9 heteroatoms. The third kappa shape index (κ3) is 3.70. The van der Waals surface area contributed by atoms with Gasteiger partial charge >= 0.3 is 0 Å². The molecule has 0 amide bonds. The Morgan fingerprint density at radius 3 is 2.58 bits per heavy atom. The number of nitrogens with zero attached hydrogens (tertiary/aromatic N) is 7. The van der Waals surface area contributed by atoms with Gasteiger partial charge in [0.15, 0.2) is 5.82 Å². The summed E-state index contributed by atoms with van der Waals surface area (Å²) < 4.78 is 0. The van der Waals surface area contributed by atoms with Gasteiger partial charge in [-0.1, -0.05) is 0 Å². The van der Waals surface area contributed by atoms with Gasteiger partial charge in [-0.05, 0) is 61.3 Å². The van der Waals surface area contributed by atoms with Crippen LogP contribution in [0.2, 0.25) is 0 Å². The number of hydrogen-bond acceptors (Lipinski definition) is 7. The number of fused-ring (bicyclic) bond motifs is 2. The van der Waals surface area contributed by atoms with Crippen molar-refractivity contribution >= 4 is 21.9 Å². The lowest BCUT2D eigenvalue weighted by atomic mass is 10.1. The molecule has 1 aliphatic rings. The van der Waals surface area contributed by atoms with Gasteiger partial charge in [0, 0.05) is 54.0 Å². The maximum Gasteiger partial charge on any atom is 0.159 e. The largest absolute Gasteiger partial charge is 0.335 e. The van der Waals surface area contributed by atoms with E-state index in [1.165, 1.54) is 18.4 Å². The first-order chi connectivity index (χ1) is 17.8. The van der Waals surface area contributed by atoms with Crippen LogP contribution in [0.25, 0.3) is 55.8 Å². The minimum Gasteiger partial charge on any atom is -0.335 e. The van der Waals surface area contributed by atoms with Gasteiger partial charge in [-0.15, -0.1) is 0 Å². The van der Waals surface area contributed by atoms with Crippen LogP contribution >= 0.6 is 0 Å². The highest BCUT2D eigenvalue weighted by Crippen LogP contribution is 2.32. The number of aromatic nitrogens is 8. The quantitative estimate of drug-likeness (QED) is 0.376. The van der Waals surface area contributed by atoms with Gasteiger partial charge in [-0.3, -0.25) is 29.9 Å². The number of imidazole rings is 1. The van der Waals surface area contributed by atoms with Crippen molar-refractivity contribution in [1.82, 2.24) is 45.0 Å². The van der Waals surface area contributed by atoms with Crippen LogP contribution in [0.4, 0.5) is 0 Å². The number of pyridine rings is 4. The summed E-state index contributed by atoms with van der Waals surface area (Å²) in [5.41, 5.74) is 8.30. The van der Waals surface area contributed by atoms with Gasteiger partial charge in [-0.2, -0.15) is 5.10 Å². The molecule has 0 saturated carbocycles. The average Bonchev–Trinajstić information content (AvgIpc) is 3.68. The van der Waals surface area contributed by atoms with Gasteiger partial charge in [-0.25, -0.2) is 4.98 Å². The van der Waals surface area contributed by atoms with Crippen molar-refractivity contribution in [3.05, 3.63) is 73.2 Å². The highest BCUT2D eigenvalue weighted by Gasteiger charge is 2.17. The van der Waals surface area contributed by atoms with Crippen LogP contribution in [-0.2, 0) is 6.54 Å². The summed E-state index contributed by atoms with van der Waals surface area (Å²) in [5, 5.41) is 8.62. The lowest BCUT2D eigenvalue weighted by molar-refractivity contribution is 0.331. The molecule has 0 aromatic carbocycles. The first-order valence-corrected chi connectivity index (χ1v) is 12.1. The second kappa shape index (κ2) is 8.62. The lowest BCUT2D eigenvalue weighted by Crippen LogP contribution is -2.18.